The maximum atomic E-state index is 12.8. The van der Waals surface area contributed by atoms with Crippen molar-refractivity contribution in [2.24, 2.45) is 0 Å². The highest BCUT2D eigenvalue weighted by molar-refractivity contribution is 7.89. The summed E-state index contributed by atoms with van der Waals surface area (Å²) in [5.41, 5.74) is 0.471. The lowest BCUT2D eigenvalue weighted by molar-refractivity contribution is -0.0170. The van der Waals surface area contributed by atoms with Crippen molar-refractivity contribution in [3.8, 4) is 0 Å². The number of rotatable bonds is 3. The van der Waals surface area contributed by atoms with E-state index < -0.39 is 16.0 Å². The van der Waals surface area contributed by atoms with E-state index in [1.54, 1.807) is 26.2 Å². The maximum Gasteiger partial charge on any atom is 0.347 e. The molecule has 0 aliphatic carbocycles. The Morgan fingerprint density at radius 2 is 2.15 bits per heavy atom. The van der Waals surface area contributed by atoms with E-state index in [1.807, 2.05) is 0 Å². The van der Waals surface area contributed by atoms with Crippen LogP contribution >= 0.6 is 11.3 Å². The van der Waals surface area contributed by atoms with Gasteiger partial charge in [0.05, 0.1) is 12.7 Å². The Bertz CT molecular complexity index is 622. The zero-order chi connectivity index (χ0) is 15.1. The molecule has 1 aliphatic heterocycles. The van der Waals surface area contributed by atoms with Crippen LogP contribution in [0, 0.1) is 6.92 Å². The van der Waals surface area contributed by atoms with E-state index >= 15 is 0 Å². The van der Waals surface area contributed by atoms with Gasteiger partial charge in [0, 0.05) is 12.6 Å². The lowest BCUT2D eigenvalue weighted by Gasteiger charge is -2.35. The number of hydrogen-bond donors (Lipinski definition) is 1. The van der Waals surface area contributed by atoms with Crippen molar-refractivity contribution >= 4 is 27.3 Å². The summed E-state index contributed by atoms with van der Waals surface area (Å²) in [6.07, 6.45) is -0.201. The predicted molar refractivity (Wildman–Crippen MR) is 74.8 cm³/mol. The molecule has 1 saturated heterocycles. The minimum absolute atomic E-state index is 0.0871. The second-order valence-corrected chi connectivity index (χ2v) is 7.66. The maximum absolute atomic E-state index is 12.8. The molecule has 0 radical (unpaired) electrons. The third kappa shape index (κ3) is 2.60. The largest absolute Gasteiger partial charge is 0.477 e. The zero-order valence-corrected chi connectivity index (χ0v) is 13.1. The molecule has 8 heteroatoms. The fourth-order valence-corrected chi connectivity index (χ4v) is 5.51. The quantitative estimate of drug-likeness (QED) is 0.914. The highest BCUT2D eigenvalue weighted by atomic mass is 32.2. The Kier molecular flexibility index (Phi) is 4.19. The van der Waals surface area contributed by atoms with Gasteiger partial charge in [0.2, 0.25) is 10.0 Å². The zero-order valence-electron chi connectivity index (χ0n) is 11.5. The Morgan fingerprint density at radius 1 is 1.50 bits per heavy atom. The molecule has 2 rings (SSSR count). The molecule has 1 aromatic heterocycles. The van der Waals surface area contributed by atoms with Crippen LogP contribution in [0.15, 0.2) is 10.3 Å². The summed E-state index contributed by atoms with van der Waals surface area (Å²) in [6.45, 7) is 5.72. The van der Waals surface area contributed by atoms with Crippen LogP contribution in [0.5, 0.6) is 0 Å². The third-order valence-electron chi connectivity index (χ3n) is 3.23. The van der Waals surface area contributed by atoms with Crippen LogP contribution in [0.4, 0.5) is 0 Å². The minimum Gasteiger partial charge on any atom is -0.477 e. The van der Waals surface area contributed by atoms with E-state index in [2.05, 4.69) is 0 Å². The van der Waals surface area contributed by atoms with Gasteiger partial charge in [0.1, 0.15) is 9.77 Å². The van der Waals surface area contributed by atoms with Crippen molar-refractivity contribution in [3.05, 3.63) is 15.8 Å². The van der Waals surface area contributed by atoms with E-state index in [9.17, 15) is 13.2 Å². The van der Waals surface area contributed by atoms with Gasteiger partial charge in [-0.15, -0.1) is 11.3 Å². The van der Waals surface area contributed by atoms with Gasteiger partial charge in [0.25, 0.3) is 0 Å². The van der Waals surface area contributed by atoms with Crippen LogP contribution in [-0.2, 0) is 14.8 Å². The van der Waals surface area contributed by atoms with Gasteiger partial charge >= 0.3 is 5.97 Å². The van der Waals surface area contributed by atoms with Gasteiger partial charge in [-0.05, 0) is 31.7 Å². The average Bonchev–Trinajstić information content (AvgIpc) is 2.75. The van der Waals surface area contributed by atoms with Gasteiger partial charge in [0.15, 0.2) is 0 Å². The van der Waals surface area contributed by atoms with Crippen molar-refractivity contribution in [2.45, 2.75) is 37.8 Å². The molecule has 1 fully saturated rings. The highest BCUT2D eigenvalue weighted by Crippen LogP contribution is 2.31. The van der Waals surface area contributed by atoms with Crippen LogP contribution in [0.3, 0.4) is 0 Å². The van der Waals surface area contributed by atoms with Gasteiger partial charge in [-0.2, -0.15) is 4.31 Å². The molecule has 0 spiro atoms. The van der Waals surface area contributed by atoms with E-state index in [0.29, 0.717) is 12.2 Å². The predicted octanol–water partition coefficient (Wildman–Crippen LogP) is 1.55. The molecule has 0 aromatic carbocycles. The first-order valence-electron chi connectivity index (χ1n) is 6.20. The number of thiophene rings is 1. The molecule has 1 aromatic rings. The van der Waals surface area contributed by atoms with Crippen molar-refractivity contribution in [1.29, 1.82) is 0 Å². The first-order valence-corrected chi connectivity index (χ1v) is 8.52. The smallest absolute Gasteiger partial charge is 0.347 e. The molecule has 1 aliphatic rings. The lowest BCUT2D eigenvalue weighted by Crippen LogP contribution is -2.50. The van der Waals surface area contributed by atoms with E-state index in [4.69, 9.17) is 9.84 Å². The molecular formula is C12H17NO5S2. The fraction of sp³-hybridized carbons (Fsp3) is 0.583. The number of carboxylic acids is 1. The first-order chi connectivity index (χ1) is 9.25. The number of nitrogens with zero attached hydrogens (tertiary/aromatic N) is 1. The molecule has 2 heterocycles. The molecule has 6 nitrogen and oxygen atoms in total. The molecule has 0 saturated carbocycles. The summed E-state index contributed by atoms with van der Waals surface area (Å²) >= 11 is 0.941. The fourth-order valence-electron chi connectivity index (χ4n) is 2.23. The Labute approximate surface area is 122 Å². The molecular weight excluding hydrogens is 302 g/mol. The Balaban J connectivity index is 2.50. The number of aromatic carboxylic acids is 1. The monoisotopic (exact) mass is 319 g/mol. The summed E-state index contributed by atoms with van der Waals surface area (Å²) in [5, 5.41) is 10.7. The normalized spacial score (nSPS) is 24.8. The number of sulfonamides is 1. The number of ether oxygens (including phenoxy) is 1. The van der Waals surface area contributed by atoms with Gasteiger partial charge in [-0.25, -0.2) is 13.2 Å². The lowest BCUT2D eigenvalue weighted by atomic mass is 10.2. The summed E-state index contributed by atoms with van der Waals surface area (Å²) in [4.78, 5) is 11.0. The molecule has 1 N–H and O–H groups in total. The summed E-state index contributed by atoms with van der Waals surface area (Å²) in [5.74, 6) is -1.21. The van der Waals surface area contributed by atoms with Crippen LogP contribution in [0.1, 0.15) is 29.1 Å². The second kappa shape index (κ2) is 5.44. The van der Waals surface area contributed by atoms with Crippen LogP contribution in [-0.4, -0.2) is 49.1 Å². The van der Waals surface area contributed by atoms with E-state index in [0.717, 1.165) is 11.3 Å². The minimum atomic E-state index is -3.82. The summed E-state index contributed by atoms with van der Waals surface area (Å²) < 4.78 is 32.3. The molecule has 2 unspecified atom stereocenters. The molecule has 112 valence electrons. The standard InChI is InChI=1S/C12H17NO5S2/c1-7-6-19-10(12(14)15)11(7)20(16,17)13-4-9(3)18-5-8(13)2/h6,8-9H,4-5H2,1-3H3,(H,14,15). The van der Waals surface area contributed by atoms with Crippen LogP contribution in [0.2, 0.25) is 0 Å². The number of aryl methyl sites for hydroxylation is 1. The van der Waals surface area contributed by atoms with Gasteiger partial charge < -0.3 is 9.84 Å². The number of morpholine rings is 1. The number of carboxylic acid groups (broad SMARTS) is 1. The number of carbonyl (C=O) groups is 1. The van der Waals surface area contributed by atoms with E-state index in [1.165, 1.54) is 4.31 Å². The van der Waals surface area contributed by atoms with Gasteiger partial charge in [-0.1, -0.05) is 0 Å². The first kappa shape index (κ1) is 15.4. The average molecular weight is 319 g/mol. The second-order valence-electron chi connectivity index (χ2n) is 4.95. The third-order valence-corrected chi connectivity index (χ3v) is 6.61. The summed E-state index contributed by atoms with van der Waals surface area (Å²) in [6, 6.07) is -0.308. The topological polar surface area (TPSA) is 83.9 Å². The van der Waals surface area contributed by atoms with Crippen molar-refractivity contribution in [2.75, 3.05) is 13.2 Å². The Morgan fingerprint density at radius 3 is 2.75 bits per heavy atom. The summed E-state index contributed by atoms with van der Waals surface area (Å²) in [7, 11) is -3.82. The van der Waals surface area contributed by atoms with Crippen molar-refractivity contribution < 1.29 is 23.1 Å². The molecule has 2 atom stereocenters. The Hall–Kier alpha value is -0.960. The van der Waals surface area contributed by atoms with E-state index in [-0.39, 0.29) is 28.5 Å². The van der Waals surface area contributed by atoms with Crippen molar-refractivity contribution in [3.63, 3.8) is 0 Å². The molecule has 0 bridgehead atoms. The SMILES string of the molecule is Cc1csc(C(=O)O)c1S(=O)(=O)N1CC(C)OCC1C. The number of hydrogen-bond acceptors (Lipinski definition) is 5. The highest BCUT2D eigenvalue weighted by Gasteiger charge is 2.38. The van der Waals surface area contributed by atoms with Crippen LogP contribution < -0.4 is 0 Å². The molecule has 20 heavy (non-hydrogen) atoms. The molecule has 0 amide bonds. The van der Waals surface area contributed by atoms with Crippen LogP contribution in [0.25, 0.3) is 0 Å². The van der Waals surface area contributed by atoms with Gasteiger partial charge in [-0.3, -0.25) is 0 Å². The van der Waals surface area contributed by atoms with Crippen molar-refractivity contribution in [1.82, 2.24) is 4.31 Å².